The summed E-state index contributed by atoms with van der Waals surface area (Å²) in [6.45, 7) is 11.9. The van der Waals surface area contributed by atoms with Gasteiger partial charge in [-0.3, -0.25) is 0 Å². The summed E-state index contributed by atoms with van der Waals surface area (Å²) in [6, 6.07) is 0.594. The van der Waals surface area contributed by atoms with Crippen molar-refractivity contribution in [3.63, 3.8) is 0 Å². The van der Waals surface area contributed by atoms with Crippen LogP contribution in [0.2, 0.25) is 0 Å². The fourth-order valence-corrected chi connectivity index (χ4v) is 0.974. The smallest absolute Gasteiger partial charge is 0.0163 e. The van der Waals surface area contributed by atoms with Gasteiger partial charge in [-0.1, -0.05) is 25.5 Å². The lowest BCUT2D eigenvalue weighted by Gasteiger charge is -2.16. The number of nitrogens with one attached hydrogen (secondary N) is 1. The average Bonchev–Trinajstić information content (AvgIpc) is 2.00. The lowest BCUT2D eigenvalue weighted by molar-refractivity contribution is 0.358. The Morgan fingerprint density at radius 3 is 2.46 bits per heavy atom. The van der Waals surface area contributed by atoms with Crippen molar-refractivity contribution in [1.82, 2.24) is 10.2 Å². The third kappa shape index (κ3) is 9.57. The Bertz CT molecular complexity index is 146. The molecule has 0 bridgehead atoms. The van der Waals surface area contributed by atoms with Gasteiger partial charge in [-0.15, -0.1) is 0 Å². The molecule has 0 heterocycles. The quantitative estimate of drug-likeness (QED) is 0.634. The topological polar surface area (TPSA) is 15.3 Å². The molecule has 0 rings (SSSR count). The van der Waals surface area contributed by atoms with E-state index in [2.05, 4.69) is 51.0 Å². The first-order chi connectivity index (χ1) is 6.02. The molecule has 0 amide bonds. The first-order valence-electron chi connectivity index (χ1n) is 5.07. The van der Waals surface area contributed by atoms with Gasteiger partial charge in [0.2, 0.25) is 0 Å². The van der Waals surface area contributed by atoms with Gasteiger partial charge in [0.05, 0.1) is 0 Å². The molecule has 0 saturated heterocycles. The minimum absolute atomic E-state index is 0.594. The average molecular weight is 184 g/mol. The summed E-state index contributed by atoms with van der Waals surface area (Å²) in [5.41, 5.74) is 1.39. The molecule has 0 aliphatic rings. The van der Waals surface area contributed by atoms with Gasteiger partial charge in [0.1, 0.15) is 0 Å². The molecule has 0 aliphatic heterocycles. The number of hydrogen-bond donors (Lipinski definition) is 1. The van der Waals surface area contributed by atoms with Crippen LogP contribution >= 0.6 is 0 Å². The molecule has 13 heavy (non-hydrogen) atoms. The summed E-state index contributed by atoms with van der Waals surface area (Å²) in [6.07, 6.45) is 2.26. The van der Waals surface area contributed by atoms with Crippen LogP contribution in [0, 0.1) is 0 Å². The van der Waals surface area contributed by atoms with Crippen LogP contribution in [0.25, 0.3) is 0 Å². The van der Waals surface area contributed by atoms with Gasteiger partial charge in [-0.05, 0) is 20.9 Å². The lowest BCUT2D eigenvalue weighted by Crippen LogP contribution is -2.32. The molecule has 0 aromatic heterocycles. The van der Waals surface area contributed by atoms with Crippen LogP contribution in [0.4, 0.5) is 0 Å². The third-order valence-corrected chi connectivity index (χ3v) is 1.86. The van der Waals surface area contributed by atoms with Crippen LogP contribution < -0.4 is 5.32 Å². The summed E-state index contributed by atoms with van der Waals surface area (Å²) < 4.78 is 0. The summed E-state index contributed by atoms with van der Waals surface area (Å²) in [5, 5.41) is 3.40. The van der Waals surface area contributed by atoms with Crippen LogP contribution in [-0.2, 0) is 0 Å². The Hall–Kier alpha value is -0.340. The fraction of sp³-hybridized carbons (Fsp3) is 0.818. The van der Waals surface area contributed by atoms with Crippen molar-refractivity contribution in [2.45, 2.75) is 33.7 Å². The van der Waals surface area contributed by atoms with Crippen LogP contribution in [0.15, 0.2) is 11.6 Å². The van der Waals surface area contributed by atoms with Crippen molar-refractivity contribution >= 4 is 0 Å². The van der Waals surface area contributed by atoms with Gasteiger partial charge >= 0.3 is 0 Å². The van der Waals surface area contributed by atoms with Crippen molar-refractivity contribution in [3.05, 3.63) is 11.6 Å². The highest BCUT2D eigenvalue weighted by Crippen LogP contribution is 1.90. The molecule has 0 fully saturated rings. The monoisotopic (exact) mass is 184 g/mol. The highest BCUT2D eigenvalue weighted by molar-refractivity contribution is 4.94. The predicted molar refractivity (Wildman–Crippen MR) is 60.1 cm³/mol. The largest absolute Gasteiger partial charge is 0.313 e. The zero-order chi connectivity index (χ0) is 10.3. The SMILES string of the molecule is CC(C)=CCN(C)CCNC(C)C. The maximum atomic E-state index is 3.40. The van der Waals surface area contributed by atoms with E-state index in [0.717, 1.165) is 19.6 Å². The third-order valence-electron chi connectivity index (χ3n) is 1.86. The molecule has 1 N–H and O–H groups in total. The van der Waals surface area contributed by atoms with Gasteiger partial charge in [0.25, 0.3) is 0 Å². The van der Waals surface area contributed by atoms with Gasteiger partial charge in [0, 0.05) is 25.7 Å². The predicted octanol–water partition coefficient (Wildman–Crippen LogP) is 1.88. The van der Waals surface area contributed by atoms with Crippen molar-refractivity contribution in [2.24, 2.45) is 0 Å². The van der Waals surface area contributed by atoms with E-state index in [-0.39, 0.29) is 0 Å². The molecule has 2 nitrogen and oxygen atoms in total. The molecule has 0 saturated carbocycles. The summed E-state index contributed by atoms with van der Waals surface area (Å²) in [5.74, 6) is 0. The summed E-state index contributed by atoms with van der Waals surface area (Å²) in [7, 11) is 2.15. The van der Waals surface area contributed by atoms with Crippen LogP contribution in [0.5, 0.6) is 0 Å². The first-order valence-corrected chi connectivity index (χ1v) is 5.07. The minimum atomic E-state index is 0.594. The highest BCUT2D eigenvalue weighted by Gasteiger charge is 1.96. The Morgan fingerprint density at radius 1 is 1.38 bits per heavy atom. The van der Waals surface area contributed by atoms with E-state index in [1.54, 1.807) is 0 Å². The Morgan fingerprint density at radius 2 is 2.00 bits per heavy atom. The second-order valence-electron chi connectivity index (χ2n) is 4.15. The lowest BCUT2D eigenvalue weighted by atomic mass is 10.3. The zero-order valence-electron chi connectivity index (χ0n) is 9.72. The van der Waals surface area contributed by atoms with Gasteiger partial charge in [-0.2, -0.15) is 0 Å². The van der Waals surface area contributed by atoms with Crippen LogP contribution in [0.3, 0.4) is 0 Å². The zero-order valence-corrected chi connectivity index (χ0v) is 9.72. The number of hydrogen-bond acceptors (Lipinski definition) is 2. The van der Waals surface area contributed by atoms with Crippen molar-refractivity contribution in [1.29, 1.82) is 0 Å². The van der Waals surface area contributed by atoms with E-state index in [4.69, 9.17) is 0 Å². The van der Waals surface area contributed by atoms with Gasteiger partial charge < -0.3 is 10.2 Å². The minimum Gasteiger partial charge on any atom is -0.313 e. The molecule has 0 aromatic rings. The van der Waals surface area contributed by atoms with E-state index < -0.39 is 0 Å². The normalized spacial score (nSPS) is 11.0. The van der Waals surface area contributed by atoms with Crippen molar-refractivity contribution in [2.75, 3.05) is 26.7 Å². The molecular weight excluding hydrogens is 160 g/mol. The highest BCUT2D eigenvalue weighted by atomic mass is 15.1. The Balaban J connectivity index is 3.41. The van der Waals surface area contributed by atoms with E-state index in [1.807, 2.05) is 0 Å². The molecule has 78 valence electrons. The molecule has 2 heteroatoms. The molecule has 0 radical (unpaired) electrons. The molecule has 0 unspecified atom stereocenters. The van der Waals surface area contributed by atoms with E-state index in [9.17, 15) is 0 Å². The maximum Gasteiger partial charge on any atom is 0.0163 e. The summed E-state index contributed by atoms with van der Waals surface area (Å²) in [4.78, 5) is 2.32. The van der Waals surface area contributed by atoms with Gasteiger partial charge in [-0.25, -0.2) is 0 Å². The molecule has 0 aromatic carbocycles. The van der Waals surface area contributed by atoms with E-state index in [1.165, 1.54) is 5.57 Å². The second kappa shape index (κ2) is 7.10. The summed E-state index contributed by atoms with van der Waals surface area (Å²) >= 11 is 0. The van der Waals surface area contributed by atoms with E-state index >= 15 is 0 Å². The second-order valence-corrected chi connectivity index (χ2v) is 4.15. The van der Waals surface area contributed by atoms with Gasteiger partial charge in [0.15, 0.2) is 0 Å². The molecule has 0 aliphatic carbocycles. The van der Waals surface area contributed by atoms with E-state index in [0.29, 0.717) is 6.04 Å². The number of rotatable bonds is 6. The standard InChI is InChI=1S/C11H24N2/c1-10(2)6-8-13(5)9-7-12-11(3)4/h6,11-12H,7-9H2,1-5H3. The van der Waals surface area contributed by atoms with Crippen molar-refractivity contribution < 1.29 is 0 Å². The molecular formula is C11H24N2. The number of allylic oxidation sites excluding steroid dienone is 1. The van der Waals surface area contributed by atoms with Crippen LogP contribution in [0.1, 0.15) is 27.7 Å². The molecule has 0 spiro atoms. The Labute approximate surface area is 83.0 Å². The van der Waals surface area contributed by atoms with Crippen molar-refractivity contribution in [3.8, 4) is 0 Å². The Kier molecular flexibility index (Phi) is 6.92. The number of nitrogens with zero attached hydrogens (tertiary/aromatic N) is 1. The fourth-order valence-electron chi connectivity index (χ4n) is 0.974. The van der Waals surface area contributed by atoms with Crippen LogP contribution in [-0.4, -0.2) is 37.6 Å². The maximum absolute atomic E-state index is 3.40. The molecule has 0 atom stereocenters. The number of likely N-dealkylation sites (N-methyl/N-ethyl adjacent to an activating group) is 1. The first kappa shape index (κ1) is 12.7.